The van der Waals surface area contributed by atoms with Crippen LogP contribution in [0.1, 0.15) is 23.3 Å². The van der Waals surface area contributed by atoms with Crippen LogP contribution in [0.2, 0.25) is 0 Å². The van der Waals surface area contributed by atoms with Gasteiger partial charge in [-0.1, -0.05) is 0 Å². The Morgan fingerprint density at radius 1 is 1.53 bits per heavy atom. The summed E-state index contributed by atoms with van der Waals surface area (Å²) in [6.07, 6.45) is 2.29. The molecule has 0 aromatic carbocycles. The molecule has 3 nitrogen and oxygen atoms in total. The minimum Gasteiger partial charge on any atom is -0.207 e. The summed E-state index contributed by atoms with van der Waals surface area (Å²) in [5, 5.41) is 1.86. The summed E-state index contributed by atoms with van der Waals surface area (Å²) >= 11 is 7.22. The Labute approximate surface area is 111 Å². The minimum atomic E-state index is -3.36. The van der Waals surface area contributed by atoms with Gasteiger partial charge in [-0.05, 0) is 36.6 Å². The molecule has 0 atom stereocenters. The van der Waals surface area contributed by atoms with Crippen molar-refractivity contribution in [1.29, 1.82) is 0 Å². The van der Waals surface area contributed by atoms with E-state index < -0.39 is 10.0 Å². The lowest BCUT2D eigenvalue weighted by atomic mass is 10.3. The third kappa shape index (κ3) is 2.67. The average Bonchev–Trinajstić information content (AvgIpc) is 2.99. The van der Waals surface area contributed by atoms with E-state index in [-0.39, 0.29) is 5.88 Å². The molecule has 0 amide bonds. The number of thiophene rings is 1. The van der Waals surface area contributed by atoms with Gasteiger partial charge in [0.25, 0.3) is 0 Å². The Morgan fingerprint density at radius 3 is 2.71 bits per heavy atom. The third-order valence-corrected chi connectivity index (χ3v) is 6.70. The molecule has 1 aromatic rings. The zero-order valence-electron chi connectivity index (χ0n) is 9.94. The molecule has 0 bridgehead atoms. The van der Waals surface area contributed by atoms with E-state index in [4.69, 9.17) is 11.6 Å². The number of sulfonamides is 1. The molecule has 0 spiro atoms. The molecule has 0 saturated heterocycles. The first-order chi connectivity index (χ1) is 7.96. The molecule has 0 aliphatic heterocycles. The fourth-order valence-electron chi connectivity index (χ4n) is 1.84. The highest BCUT2D eigenvalue weighted by molar-refractivity contribution is 7.89. The molecule has 1 fully saturated rings. The molecular formula is C11H16ClNO2S2. The summed E-state index contributed by atoms with van der Waals surface area (Å²) in [7, 11) is -1.71. The molecule has 96 valence electrons. The van der Waals surface area contributed by atoms with Crippen LogP contribution < -0.4 is 0 Å². The van der Waals surface area contributed by atoms with Crippen molar-refractivity contribution in [1.82, 2.24) is 4.31 Å². The van der Waals surface area contributed by atoms with Crippen LogP contribution in [0.5, 0.6) is 0 Å². The predicted molar refractivity (Wildman–Crippen MR) is 71.2 cm³/mol. The Bertz CT molecular complexity index is 506. The molecule has 17 heavy (non-hydrogen) atoms. The van der Waals surface area contributed by atoms with Gasteiger partial charge < -0.3 is 0 Å². The molecule has 0 N–H and O–H groups in total. The van der Waals surface area contributed by atoms with Gasteiger partial charge in [0.15, 0.2) is 0 Å². The van der Waals surface area contributed by atoms with E-state index in [0.717, 1.165) is 23.3 Å². The van der Waals surface area contributed by atoms with Gasteiger partial charge in [0.2, 0.25) is 10.0 Å². The molecule has 1 aliphatic carbocycles. The SMILES string of the molecule is Cc1csc(CCl)c1S(=O)(=O)N(C)CC1CC1. The van der Waals surface area contributed by atoms with Crippen molar-refractivity contribution in [3.63, 3.8) is 0 Å². The van der Waals surface area contributed by atoms with Crippen LogP contribution in [-0.2, 0) is 15.9 Å². The van der Waals surface area contributed by atoms with Crippen molar-refractivity contribution < 1.29 is 8.42 Å². The summed E-state index contributed by atoms with van der Waals surface area (Å²) in [6, 6.07) is 0. The molecule has 6 heteroatoms. The van der Waals surface area contributed by atoms with Gasteiger partial charge >= 0.3 is 0 Å². The van der Waals surface area contributed by atoms with Crippen molar-refractivity contribution in [2.24, 2.45) is 5.92 Å². The minimum absolute atomic E-state index is 0.254. The van der Waals surface area contributed by atoms with E-state index in [0.29, 0.717) is 17.4 Å². The van der Waals surface area contributed by atoms with Crippen LogP contribution in [0.25, 0.3) is 0 Å². The third-order valence-electron chi connectivity index (χ3n) is 2.99. The van der Waals surface area contributed by atoms with Crippen LogP contribution in [0, 0.1) is 12.8 Å². The van der Waals surface area contributed by atoms with Gasteiger partial charge in [0.05, 0.1) is 5.88 Å². The van der Waals surface area contributed by atoms with Crippen molar-refractivity contribution in [2.75, 3.05) is 13.6 Å². The lowest BCUT2D eigenvalue weighted by molar-refractivity contribution is 0.452. The number of nitrogens with zero attached hydrogens (tertiary/aromatic N) is 1. The van der Waals surface area contributed by atoms with E-state index >= 15 is 0 Å². The summed E-state index contributed by atoms with van der Waals surface area (Å²) in [5.74, 6) is 0.804. The first kappa shape index (κ1) is 13.3. The van der Waals surface area contributed by atoms with Crippen LogP contribution in [0.15, 0.2) is 10.3 Å². The average molecular weight is 294 g/mol. The lowest BCUT2D eigenvalue weighted by Gasteiger charge is -2.17. The topological polar surface area (TPSA) is 37.4 Å². The van der Waals surface area contributed by atoms with Crippen molar-refractivity contribution in [3.8, 4) is 0 Å². The smallest absolute Gasteiger partial charge is 0.207 e. The van der Waals surface area contributed by atoms with Crippen LogP contribution >= 0.6 is 22.9 Å². The normalized spacial score (nSPS) is 16.7. The molecule has 1 heterocycles. The van der Waals surface area contributed by atoms with Crippen LogP contribution in [0.3, 0.4) is 0 Å². The van der Waals surface area contributed by atoms with Crippen molar-refractivity contribution >= 4 is 33.0 Å². The fourth-order valence-corrected chi connectivity index (χ4v) is 5.09. The molecule has 1 saturated carbocycles. The Kier molecular flexibility index (Phi) is 3.83. The highest BCUT2D eigenvalue weighted by Crippen LogP contribution is 2.34. The monoisotopic (exact) mass is 293 g/mol. The van der Waals surface area contributed by atoms with Gasteiger partial charge in [0, 0.05) is 18.5 Å². The highest BCUT2D eigenvalue weighted by atomic mass is 35.5. The quantitative estimate of drug-likeness (QED) is 0.783. The van der Waals surface area contributed by atoms with E-state index in [9.17, 15) is 8.42 Å². The van der Waals surface area contributed by atoms with E-state index in [1.54, 1.807) is 7.05 Å². The number of hydrogen-bond acceptors (Lipinski definition) is 3. The first-order valence-corrected chi connectivity index (χ1v) is 8.41. The maximum atomic E-state index is 12.4. The summed E-state index contributed by atoms with van der Waals surface area (Å²) in [4.78, 5) is 1.16. The van der Waals surface area contributed by atoms with Gasteiger partial charge in [0.1, 0.15) is 4.90 Å². The standard InChI is InChI=1S/C11H16ClNO2S2/c1-8-7-16-10(5-12)11(8)17(14,15)13(2)6-9-3-4-9/h7,9H,3-6H2,1-2H3. The zero-order chi connectivity index (χ0) is 12.6. The van der Waals surface area contributed by atoms with Crippen LogP contribution in [-0.4, -0.2) is 26.3 Å². The zero-order valence-corrected chi connectivity index (χ0v) is 12.3. The first-order valence-electron chi connectivity index (χ1n) is 5.56. The largest absolute Gasteiger partial charge is 0.244 e. The molecule has 0 unspecified atom stereocenters. The number of rotatable bonds is 5. The van der Waals surface area contributed by atoms with Gasteiger partial charge in [-0.15, -0.1) is 22.9 Å². The van der Waals surface area contributed by atoms with Crippen molar-refractivity contribution in [3.05, 3.63) is 15.8 Å². The summed E-state index contributed by atoms with van der Waals surface area (Å²) in [5.41, 5.74) is 0.799. The molecule has 2 rings (SSSR count). The maximum Gasteiger partial charge on any atom is 0.244 e. The Balaban J connectivity index is 2.32. The van der Waals surface area contributed by atoms with E-state index in [2.05, 4.69) is 0 Å². The second kappa shape index (κ2) is 4.88. The molecular weight excluding hydrogens is 278 g/mol. The second-order valence-corrected chi connectivity index (χ2v) is 7.75. The number of hydrogen-bond donors (Lipinski definition) is 0. The maximum absolute atomic E-state index is 12.4. The van der Waals surface area contributed by atoms with E-state index in [1.165, 1.54) is 15.6 Å². The van der Waals surface area contributed by atoms with Crippen LogP contribution in [0.4, 0.5) is 0 Å². The number of alkyl halides is 1. The molecule has 1 aromatic heterocycles. The number of aryl methyl sites for hydroxylation is 1. The Morgan fingerprint density at radius 2 is 2.18 bits per heavy atom. The summed E-state index contributed by atoms with van der Waals surface area (Å²) in [6.45, 7) is 2.45. The van der Waals surface area contributed by atoms with Gasteiger partial charge in [-0.2, -0.15) is 0 Å². The summed E-state index contributed by atoms with van der Waals surface area (Å²) < 4.78 is 26.3. The molecule has 0 radical (unpaired) electrons. The second-order valence-electron chi connectivity index (χ2n) is 4.53. The highest BCUT2D eigenvalue weighted by Gasteiger charge is 2.31. The molecule has 1 aliphatic rings. The van der Waals surface area contributed by atoms with E-state index in [1.807, 2.05) is 12.3 Å². The Hall–Kier alpha value is -0.100. The predicted octanol–water partition coefficient (Wildman–Crippen LogP) is 2.83. The van der Waals surface area contributed by atoms with Gasteiger partial charge in [-0.3, -0.25) is 0 Å². The van der Waals surface area contributed by atoms with Crippen molar-refractivity contribution in [2.45, 2.75) is 30.5 Å². The van der Waals surface area contributed by atoms with Gasteiger partial charge in [-0.25, -0.2) is 12.7 Å². The lowest BCUT2D eigenvalue weighted by Crippen LogP contribution is -2.29. The fraction of sp³-hybridized carbons (Fsp3) is 0.636. The number of halogens is 1.